The van der Waals surface area contributed by atoms with Crippen LogP contribution in [0.25, 0.3) is 0 Å². The van der Waals surface area contributed by atoms with Crippen LogP contribution in [0.2, 0.25) is 0 Å². The molecule has 0 bridgehead atoms. The van der Waals surface area contributed by atoms with Crippen molar-refractivity contribution in [3.63, 3.8) is 0 Å². The van der Waals surface area contributed by atoms with Crippen molar-refractivity contribution in [2.24, 2.45) is 0 Å². The van der Waals surface area contributed by atoms with E-state index in [9.17, 15) is 4.39 Å². The third-order valence-electron chi connectivity index (χ3n) is 1.61. The zero-order chi connectivity index (χ0) is 5.98. The van der Waals surface area contributed by atoms with Crippen molar-refractivity contribution < 1.29 is 4.39 Å². The van der Waals surface area contributed by atoms with Crippen LogP contribution in [-0.4, -0.2) is 31.2 Å². The first-order chi connectivity index (χ1) is 3.84. The average Bonchev–Trinajstić information content (AvgIpc) is 2.45. The SMILES string of the molecule is CN(CCF)C1CC1. The zero-order valence-corrected chi connectivity index (χ0v) is 5.23. The second kappa shape index (κ2) is 2.44. The Kier molecular flexibility index (Phi) is 1.84. The molecule has 1 aliphatic carbocycles. The number of hydrogen-bond donors (Lipinski definition) is 0. The molecule has 0 aromatic rings. The first kappa shape index (κ1) is 6.02. The molecule has 2 heteroatoms. The fourth-order valence-corrected chi connectivity index (χ4v) is 0.831. The van der Waals surface area contributed by atoms with Gasteiger partial charge in [-0.05, 0) is 19.9 Å². The summed E-state index contributed by atoms with van der Waals surface area (Å²) < 4.78 is 11.6. The molecular weight excluding hydrogens is 105 g/mol. The van der Waals surface area contributed by atoms with Crippen molar-refractivity contribution in [2.75, 3.05) is 20.3 Å². The Morgan fingerprint density at radius 3 is 2.62 bits per heavy atom. The minimum absolute atomic E-state index is 0.201. The lowest BCUT2D eigenvalue weighted by Gasteiger charge is -2.11. The summed E-state index contributed by atoms with van der Waals surface area (Å²) in [5.74, 6) is 0. The molecule has 0 spiro atoms. The van der Waals surface area contributed by atoms with Gasteiger partial charge in [0.15, 0.2) is 0 Å². The molecule has 0 aromatic carbocycles. The van der Waals surface area contributed by atoms with Crippen LogP contribution < -0.4 is 0 Å². The van der Waals surface area contributed by atoms with E-state index in [-0.39, 0.29) is 6.67 Å². The van der Waals surface area contributed by atoms with Crippen molar-refractivity contribution in [1.82, 2.24) is 4.90 Å². The number of alkyl halides is 1. The summed E-state index contributed by atoms with van der Waals surface area (Å²) in [6, 6.07) is 0.714. The summed E-state index contributed by atoms with van der Waals surface area (Å²) >= 11 is 0. The van der Waals surface area contributed by atoms with Gasteiger partial charge in [0.05, 0.1) is 0 Å². The lowest BCUT2D eigenvalue weighted by atomic mass is 10.5. The van der Waals surface area contributed by atoms with Gasteiger partial charge >= 0.3 is 0 Å². The molecule has 0 aromatic heterocycles. The topological polar surface area (TPSA) is 3.24 Å². The number of halogens is 1. The zero-order valence-electron chi connectivity index (χ0n) is 5.23. The minimum atomic E-state index is -0.201. The Morgan fingerprint density at radius 2 is 2.25 bits per heavy atom. The van der Waals surface area contributed by atoms with Crippen molar-refractivity contribution in [3.05, 3.63) is 0 Å². The Bertz CT molecular complexity index is 70.9. The van der Waals surface area contributed by atoms with Crippen LogP contribution in [0.5, 0.6) is 0 Å². The molecule has 0 radical (unpaired) electrons. The highest BCUT2D eigenvalue weighted by atomic mass is 19.1. The molecule has 1 rings (SSSR count). The van der Waals surface area contributed by atoms with Gasteiger partial charge < -0.3 is 4.90 Å². The van der Waals surface area contributed by atoms with E-state index in [1.54, 1.807) is 0 Å². The minimum Gasteiger partial charge on any atom is -0.301 e. The summed E-state index contributed by atoms with van der Waals surface area (Å²) in [7, 11) is 1.98. The van der Waals surface area contributed by atoms with E-state index in [1.165, 1.54) is 12.8 Å². The highest BCUT2D eigenvalue weighted by Gasteiger charge is 2.25. The van der Waals surface area contributed by atoms with Crippen molar-refractivity contribution in [1.29, 1.82) is 0 Å². The van der Waals surface area contributed by atoms with Crippen LogP contribution >= 0.6 is 0 Å². The second-order valence-corrected chi connectivity index (χ2v) is 2.40. The highest BCUT2D eigenvalue weighted by molar-refractivity contribution is 4.81. The van der Waals surface area contributed by atoms with Crippen LogP contribution in [0.3, 0.4) is 0 Å². The molecule has 0 saturated heterocycles. The quantitative estimate of drug-likeness (QED) is 0.534. The summed E-state index contributed by atoms with van der Waals surface area (Å²) in [5, 5.41) is 0. The lowest BCUT2D eigenvalue weighted by molar-refractivity contribution is 0.287. The maximum absolute atomic E-state index is 11.6. The fraction of sp³-hybridized carbons (Fsp3) is 1.00. The van der Waals surface area contributed by atoms with Gasteiger partial charge in [0.2, 0.25) is 0 Å². The molecule has 0 aliphatic heterocycles. The summed E-state index contributed by atoms with van der Waals surface area (Å²) in [6.45, 7) is 0.414. The fourth-order valence-electron chi connectivity index (χ4n) is 0.831. The van der Waals surface area contributed by atoms with Gasteiger partial charge in [-0.15, -0.1) is 0 Å². The molecule has 0 atom stereocenters. The maximum atomic E-state index is 11.6. The van der Waals surface area contributed by atoms with Crippen LogP contribution in [0, 0.1) is 0 Å². The monoisotopic (exact) mass is 117 g/mol. The highest BCUT2D eigenvalue weighted by Crippen LogP contribution is 2.24. The molecule has 0 N–H and O–H groups in total. The first-order valence-electron chi connectivity index (χ1n) is 3.11. The van der Waals surface area contributed by atoms with E-state index in [0.717, 1.165) is 0 Å². The number of hydrogen-bond acceptors (Lipinski definition) is 1. The smallest absolute Gasteiger partial charge is 0.102 e. The maximum Gasteiger partial charge on any atom is 0.102 e. The number of nitrogens with zero attached hydrogens (tertiary/aromatic N) is 1. The molecule has 0 amide bonds. The summed E-state index contributed by atoms with van der Waals surface area (Å²) in [4.78, 5) is 2.08. The molecule has 48 valence electrons. The van der Waals surface area contributed by atoms with Gasteiger partial charge in [0.25, 0.3) is 0 Å². The Morgan fingerprint density at radius 1 is 1.62 bits per heavy atom. The van der Waals surface area contributed by atoms with Crippen molar-refractivity contribution >= 4 is 0 Å². The molecule has 0 heterocycles. The van der Waals surface area contributed by atoms with Gasteiger partial charge in [0.1, 0.15) is 6.67 Å². The number of rotatable bonds is 3. The van der Waals surface area contributed by atoms with E-state index in [4.69, 9.17) is 0 Å². The Labute approximate surface area is 49.5 Å². The van der Waals surface area contributed by atoms with E-state index in [0.29, 0.717) is 12.6 Å². The molecule has 1 nitrogen and oxygen atoms in total. The summed E-state index contributed by atoms with van der Waals surface area (Å²) in [5.41, 5.74) is 0. The summed E-state index contributed by atoms with van der Waals surface area (Å²) in [6.07, 6.45) is 2.55. The predicted molar refractivity (Wildman–Crippen MR) is 31.6 cm³/mol. The van der Waals surface area contributed by atoms with Crippen LogP contribution in [0.1, 0.15) is 12.8 Å². The predicted octanol–water partition coefficient (Wildman–Crippen LogP) is 1.05. The van der Waals surface area contributed by atoms with Crippen molar-refractivity contribution in [2.45, 2.75) is 18.9 Å². The van der Waals surface area contributed by atoms with Gasteiger partial charge in [0, 0.05) is 12.6 Å². The van der Waals surface area contributed by atoms with E-state index in [2.05, 4.69) is 4.90 Å². The molecule has 1 saturated carbocycles. The van der Waals surface area contributed by atoms with E-state index >= 15 is 0 Å². The van der Waals surface area contributed by atoms with Crippen LogP contribution in [0.4, 0.5) is 4.39 Å². The second-order valence-electron chi connectivity index (χ2n) is 2.40. The van der Waals surface area contributed by atoms with Crippen LogP contribution in [-0.2, 0) is 0 Å². The van der Waals surface area contributed by atoms with E-state index < -0.39 is 0 Å². The molecule has 1 aliphatic rings. The van der Waals surface area contributed by atoms with Crippen LogP contribution in [0.15, 0.2) is 0 Å². The molecule has 0 unspecified atom stereocenters. The standard InChI is InChI=1S/C6H12FN/c1-8(5-4-7)6-2-3-6/h6H,2-5H2,1H3. The van der Waals surface area contributed by atoms with Crippen molar-refractivity contribution in [3.8, 4) is 0 Å². The van der Waals surface area contributed by atoms with Gasteiger partial charge in [-0.2, -0.15) is 0 Å². The normalized spacial score (nSPS) is 19.9. The largest absolute Gasteiger partial charge is 0.301 e. The lowest BCUT2D eigenvalue weighted by Crippen LogP contribution is -2.22. The third kappa shape index (κ3) is 1.44. The molecule has 8 heavy (non-hydrogen) atoms. The Balaban J connectivity index is 2.03. The first-order valence-corrected chi connectivity index (χ1v) is 3.11. The Hall–Kier alpha value is -0.110. The molecule has 1 fully saturated rings. The van der Waals surface area contributed by atoms with Gasteiger partial charge in [-0.1, -0.05) is 0 Å². The average molecular weight is 117 g/mol. The third-order valence-corrected chi connectivity index (χ3v) is 1.61. The van der Waals surface area contributed by atoms with Gasteiger partial charge in [-0.25, -0.2) is 4.39 Å². The molecular formula is C6H12FN. The van der Waals surface area contributed by atoms with E-state index in [1.807, 2.05) is 7.05 Å². The van der Waals surface area contributed by atoms with Gasteiger partial charge in [-0.3, -0.25) is 0 Å².